The molecule has 0 aliphatic carbocycles. The smallest absolute Gasteiger partial charge is 0.329 e. The first-order valence-electron chi connectivity index (χ1n) is 6.92. The van der Waals surface area contributed by atoms with Crippen molar-refractivity contribution in [2.75, 3.05) is 20.6 Å². The van der Waals surface area contributed by atoms with E-state index >= 15 is 0 Å². The van der Waals surface area contributed by atoms with Crippen molar-refractivity contribution in [2.45, 2.75) is 45.3 Å². The summed E-state index contributed by atoms with van der Waals surface area (Å²) in [6, 6.07) is -0.928. The minimum Gasteiger partial charge on any atom is -0.458 e. The third kappa shape index (κ3) is 9.79. The Balaban J connectivity index is 4.82. The highest BCUT2D eigenvalue weighted by Gasteiger charge is 2.27. The maximum atomic E-state index is 12.1. The zero-order valence-electron chi connectivity index (χ0n) is 13.8. The molecule has 1 N–H and O–H groups in total. The van der Waals surface area contributed by atoms with Crippen LogP contribution in [0, 0.1) is 0 Å². The van der Waals surface area contributed by atoms with Gasteiger partial charge in [-0.1, -0.05) is 0 Å². The van der Waals surface area contributed by atoms with Gasteiger partial charge in [0.05, 0.1) is 6.54 Å². The summed E-state index contributed by atoms with van der Waals surface area (Å²) in [6.45, 7) is 5.26. The van der Waals surface area contributed by atoms with Crippen molar-refractivity contribution < 1.29 is 23.9 Å². The van der Waals surface area contributed by atoms with Gasteiger partial charge >= 0.3 is 12.2 Å². The molecule has 8 heteroatoms. The van der Waals surface area contributed by atoms with E-state index in [2.05, 4.69) is 10.1 Å². The van der Waals surface area contributed by atoms with Gasteiger partial charge < -0.3 is 20.5 Å². The molecule has 0 radical (unpaired) electrons. The first-order valence-corrected chi connectivity index (χ1v) is 6.92. The molecule has 8 nitrogen and oxygen atoms in total. The van der Waals surface area contributed by atoms with Crippen molar-refractivity contribution >= 4 is 23.9 Å². The lowest BCUT2D eigenvalue weighted by Crippen LogP contribution is -2.47. The maximum Gasteiger partial charge on any atom is 0.329 e. The van der Waals surface area contributed by atoms with Crippen molar-refractivity contribution in [3.05, 3.63) is 5.53 Å². The molecular weight excluding hydrogens is 288 g/mol. The Morgan fingerprint density at radius 1 is 1.32 bits per heavy atom. The number of esters is 1. The Morgan fingerprint density at radius 2 is 1.91 bits per heavy atom. The molecule has 0 bridgehead atoms. The summed E-state index contributed by atoms with van der Waals surface area (Å²) in [7, 11) is 3.45. The predicted molar refractivity (Wildman–Crippen MR) is 80.3 cm³/mol. The number of nitrogens with one attached hydrogen (secondary N) is 1. The number of hydrogen-bond acceptors (Lipinski definition) is 5. The van der Waals surface area contributed by atoms with Gasteiger partial charge in [-0.3, -0.25) is 9.59 Å². The fourth-order valence-corrected chi connectivity index (χ4v) is 1.56. The van der Waals surface area contributed by atoms with Crippen molar-refractivity contribution in [3.8, 4) is 0 Å². The molecule has 0 rings (SSSR count). The molecule has 0 saturated carbocycles. The van der Waals surface area contributed by atoms with Gasteiger partial charge in [0, 0.05) is 6.42 Å². The van der Waals surface area contributed by atoms with E-state index < -0.39 is 23.4 Å². The van der Waals surface area contributed by atoms with E-state index in [1.165, 1.54) is 0 Å². The fraction of sp³-hybridized carbons (Fsp3) is 0.714. The number of amides is 1. The van der Waals surface area contributed by atoms with Crippen LogP contribution in [-0.2, 0) is 19.1 Å². The summed E-state index contributed by atoms with van der Waals surface area (Å²) in [5.41, 5.74) is 7.59. The Labute approximate surface area is 130 Å². The lowest BCUT2D eigenvalue weighted by molar-refractivity contribution is -0.159. The lowest BCUT2D eigenvalue weighted by atomic mass is 10.1. The molecule has 0 unspecified atom stereocenters. The van der Waals surface area contributed by atoms with Crippen LogP contribution >= 0.6 is 0 Å². The highest BCUT2D eigenvalue weighted by Crippen LogP contribution is 2.11. The molecule has 1 atom stereocenters. The van der Waals surface area contributed by atoms with Crippen molar-refractivity contribution in [1.82, 2.24) is 10.2 Å². The van der Waals surface area contributed by atoms with E-state index in [1.54, 1.807) is 39.8 Å². The summed E-state index contributed by atoms with van der Waals surface area (Å²) in [4.78, 5) is 39.5. The zero-order chi connectivity index (χ0) is 17.3. The Hall–Kier alpha value is -2.05. The Morgan fingerprint density at radius 3 is 2.36 bits per heavy atom. The molecule has 22 heavy (non-hydrogen) atoms. The van der Waals surface area contributed by atoms with Crippen LogP contribution in [0.1, 0.15) is 33.6 Å². The first-order chi connectivity index (χ1) is 10.0. The van der Waals surface area contributed by atoms with Gasteiger partial charge in [-0.05, 0) is 41.3 Å². The second-order valence-electron chi connectivity index (χ2n) is 6.14. The van der Waals surface area contributed by atoms with E-state index in [4.69, 9.17) is 10.3 Å². The van der Waals surface area contributed by atoms with E-state index in [0.29, 0.717) is 0 Å². The van der Waals surface area contributed by atoms with E-state index in [-0.39, 0.29) is 25.3 Å². The second kappa shape index (κ2) is 9.07. The molecule has 0 aromatic heterocycles. The molecule has 0 heterocycles. The van der Waals surface area contributed by atoms with Crippen LogP contribution < -0.4 is 5.32 Å². The van der Waals surface area contributed by atoms with Crippen LogP contribution in [0.2, 0.25) is 0 Å². The van der Waals surface area contributed by atoms with E-state index in [1.807, 2.05) is 0 Å². The normalized spacial score (nSPS) is 12.3. The van der Waals surface area contributed by atoms with Crippen LogP contribution in [0.4, 0.5) is 0 Å². The molecule has 1 amide bonds. The van der Waals surface area contributed by atoms with E-state index in [0.717, 1.165) is 6.21 Å². The largest absolute Gasteiger partial charge is 0.458 e. The molecular formula is C14H24N4O4. The van der Waals surface area contributed by atoms with Gasteiger partial charge in [-0.15, -0.1) is 0 Å². The van der Waals surface area contributed by atoms with Crippen LogP contribution in [0.3, 0.4) is 0 Å². The fourth-order valence-electron chi connectivity index (χ4n) is 1.56. The highest BCUT2D eigenvalue weighted by atomic mass is 16.6. The van der Waals surface area contributed by atoms with Crippen molar-refractivity contribution in [3.63, 3.8) is 0 Å². The Bertz CT molecular complexity index is 462. The minimum absolute atomic E-state index is 0.0454. The van der Waals surface area contributed by atoms with Gasteiger partial charge in [0.1, 0.15) is 11.6 Å². The first kappa shape index (κ1) is 19.9. The third-order valence-electron chi connectivity index (χ3n) is 2.37. The number of hydrogen-bond donors (Lipinski definition) is 1. The number of nitrogens with zero attached hydrogens (tertiary/aromatic N) is 3. The standard InChI is InChI=1S/C14H24N4O4/c1-14(2,3)22-13(21)11(7-6-10(19)8-16-15)17-12(20)9-18(4)5/h8,11H,6-7,9H2,1-5H3,(H,17,20)/t11-/m0/s1. The number of carbonyl (C=O) groups excluding carboxylic acids is 3. The summed E-state index contributed by atoms with van der Waals surface area (Å²) in [6.07, 6.45) is 0.781. The average molecular weight is 312 g/mol. The number of rotatable bonds is 8. The lowest BCUT2D eigenvalue weighted by Gasteiger charge is -2.24. The minimum atomic E-state index is -0.928. The third-order valence-corrected chi connectivity index (χ3v) is 2.37. The van der Waals surface area contributed by atoms with Gasteiger partial charge in [0.15, 0.2) is 0 Å². The zero-order valence-corrected chi connectivity index (χ0v) is 13.8. The monoisotopic (exact) mass is 312 g/mol. The second-order valence-corrected chi connectivity index (χ2v) is 6.14. The quantitative estimate of drug-likeness (QED) is 0.294. The van der Waals surface area contributed by atoms with Crippen LogP contribution in [0.5, 0.6) is 0 Å². The summed E-state index contributed by atoms with van der Waals surface area (Å²) in [5, 5.41) is 2.55. The average Bonchev–Trinajstić information content (AvgIpc) is 2.31. The predicted octanol–water partition coefficient (Wildman–Crippen LogP) is 0.0244. The molecule has 0 aromatic rings. The molecule has 0 aliphatic rings. The molecule has 0 fully saturated rings. The van der Waals surface area contributed by atoms with Gasteiger partial charge in [-0.2, -0.15) is 4.79 Å². The SMILES string of the molecule is CN(C)CC(=O)N[C@@H](CCC(=O)C=[N+]=[N-])C(=O)OC(C)(C)C. The molecule has 0 aliphatic heterocycles. The van der Waals surface area contributed by atoms with Gasteiger partial charge in [0.2, 0.25) is 11.7 Å². The summed E-state index contributed by atoms with van der Waals surface area (Å²) >= 11 is 0. The number of ketones is 1. The molecule has 0 aromatic carbocycles. The number of ether oxygens (including phenoxy) is 1. The van der Waals surface area contributed by atoms with Crippen LogP contribution in [-0.4, -0.2) is 65.8 Å². The summed E-state index contributed by atoms with van der Waals surface area (Å²) < 4.78 is 5.24. The number of likely N-dealkylation sites (N-methyl/N-ethyl adjacent to an activating group) is 1. The highest BCUT2D eigenvalue weighted by molar-refractivity contribution is 6.25. The van der Waals surface area contributed by atoms with Crippen molar-refractivity contribution in [1.29, 1.82) is 0 Å². The van der Waals surface area contributed by atoms with Crippen LogP contribution in [0.25, 0.3) is 5.53 Å². The number of carbonyl (C=O) groups is 3. The molecule has 0 saturated heterocycles. The van der Waals surface area contributed by atoms with Gasteiger partial charge in [0.25, 0.3) is 0 Å². The maximum absolute atomic E-state index is 12.1. The molecule has 124 valence electrons. The number of Topliss-reactive ketones (excluding diaryl/α,β-unsaturated/α-hetero) is 1. The van der Waals surface area contributed by atoms with Gasteiger partial charge in [-0.25, -0.2) is 4.79 Å². The topological polar surface area (TPSA) is 112 Å². The molecule has 0 spiro atoms. The Kier molecular flexibility index (Phi) is 8.22. The van der Waals surface area contributed by atoms with Crippen molar-refractivity contribution in [2.24, 2.45) is 0 Å². The van der Waals surface area contributed by atoms with E-state index in [9.17, 15) is 14.4 Å². The summed E-state index contributed by atoms with van der Waals surface area (Å²) in [5.74, 6) is -1.39. The van der Waals surface area contributed by atoms with Crippen LogP contribution in [0.15, 0.2) is 0 Å².